The molecular weight excluding hydrogens is 330 g/mol. The van der Waals surface area contributed by atoms with Crippen molar-refractivity contribution in [3.05, 3.63) is 35.4 Å². The van der Waals surface area contributed by atoms with Gasteiger partial charge in [-0.05, 0) is 31.4 Å². The minimum atomic E-state index is -0.483. The van der Waals surface area contributed by atoms with Gasteiger partial charge in [-0.3, -0.25) is 14.4 Å². The van der Waals surface area contributed by atoms with E-state index in [1.165, 1.54) is 0 Å². The monoisotopic (exact) mass is 355 g/mol. The number of benzene rings is 1. The number of nitrogens with one attached hydrogen (secondary N) is 1. The number of carbonyl (C=O) groups is 3. The van der Waals surface area contributed by atoms with Gasteiger partial charge in [0.05, 0.1) is 0 Å². The van der Waals surface area contributed by atoms with E-state index in [1.807, 2.05) is 34.9 Å². The summed E-state index contributed by atoms with van der Waals surface area (Å²) >= 11 is 0. The van der Waals surface area contributed by atoms with Gasteiger partial charge in [-0.15, -0.1) is 0 Å². The average Bonchev–Trinajstić information content (AvgIpc) is 2.97. The molecule has 2 fully saturated rings. The molecule has 0 aliphatic carbocycles. The number of amides is 3. The van der Waals surface area contributed by atoms with Crippen molar-refractivity contribution in [2.45, 2.75) is 38.6 Å². The number of carbonyl (C=O) groups excluding carboxylic acids is 3. The zero-order valence-corrected chi connectivity index (χ0v) is 15.2. The van der Waals surface area contributed by atoms with Crippen molar-refractivity contribution in [1.82, 2.24) is 15.1 Å². The van der Waals surface area contributed by atoms with E-state index in [0.29, 0.717) is 31.5 Å². The molecule has 138 valence electrons. The topological polar surface area (TPSA) is 69.7 Å². The normalized spacial score (nSPS) is 24.6. The fourth-order valence-corrected chi connectivity index (χ4v) is 4.60. The Kier molecular flexibility index (Phi) is 4.21. The maximum Gasteiger partial charge on any atom is 0.252 e. The van der Waals surface area contributed by atoms with Gasteiger partial charge in [0.25, 0.3) is 5.91 Å². The van der Waals surface area contributed by atoms with Crippen LogP contribution in [-0.4, -0.2) is 59.7 Å². The van der Waals surface area contributed by atoms with Crippen LogP contribution in [-0.2, 0) is 16.0 Å². The second kappa shape index (κ2) is 6.41. The first-order valence-corrected chi connectivity index (χ1v) is 9.47. The summed E-state index contributed by atoms with van der Waals surface area (Å²) in [6.07, 6.45) is 2.87. The van der Waals surface area contributed by atoms with Crippen LogP contribution >= 0.6 is 0 Å². The molecule has 0 unspecified atom stereocenters. The van der Waals surface area contributed by atoms with Gasteiger partial charge < -0.3 is 15.1 Å². The molecule has 0 aromatic heterocycles. The number of rotatable bonds is 2. The Balaban J connectivity index is 1.40. The van der Waals surface area contributed by atoms with E-state index in [4.69, 9.17) is 0 Å². The molecule has 3 aliphatic rings. The molecule has 0 radical (unpaired) electrons. The SMILES string of the molecule is CCN1CC2(CCN(C(=O)[C@H]3Cc4ccccc4C(=O)N3)CC2)CC1=O. The Hall–Kier alpha value is -2.37. The second-order valence-electron chi connectivity index (χ2n) is 7.80. The summed E-state index contributed by atoms with van der Waals surface area (Å²) in [6, 6.07) is 6.98. The zero-order valence-electron chi connectivity index (χ0n) is 15.2. The van der Waals surface area contributed by atoms with Gasteiger partial charge in [0, 0.05) is 50.0 Å². The van der Waals surface area contributed by atoms with Crippen LogP contribution in [0.15, 0.2) is 24.3 Å². The van der Waals surface area contributed by atoms with Crippen LogP contribution in [0.1, 0.15) is 42.1 Å². The van der Waals surface area contributed by atoms with Gasteiger partial charge in [0.15, 0.2) is 0 Å². The third kappa shape index (κ3) is 2.87. The van der Waals surface area contributed by atoms with E-state index in [1.54, 1.807) is 6.07 Å². The molecule has 3 amide bonds. The van der Waals surface area contributed by atoms with Crippen molar-refractivity contribution < 1.29 is 14.4 Å². The van der Waals surface area contributed by atoms with Gasteiger partial charge in [0.1, 0.15) is 6.04 Å². The maximum absolute atomic E-state index is 12.9. The molecule has 26 heavy (non-hydrogen) atoms. The van der Waals surface area contributed by atoms with Crippen molar-refractivity contribution in [2.75, 3.05) is 26.2 Å². The number of hydrogen-bond donors (Lipinski definition) is 1. The van der Waals surface area contributed by atoms with Crippen molar-refractivity contribution >= 4 is 17.7 Å². The molecule has 4 rings (SSSR count). The molecule has 3 heterocycles. The van der Waals surface area contributed by atoms with E-state index in [0.717, 1.165) is 31.5 Å². The Morgan fingerprint density at radius 3 is 2.65 bits per heavy atom. The first-order chi connectivity index (χ1) is 12.5. The number of hydrogen-bond acceptors (Lipinski definition) is 3. The molecule has 1 spiro atoms. The van der Waals surface area contributed by atoms with Crippen LogP contribution in [0.25, 0.3) is 0 Å². The standard InChI is InChI=1S/C20H25N3O3/c1-2-22-13-20(12-17(22)24)7-9-23(10-8-20)19(26)16-11-14-5-3-4-6-15(14)18(25)21-16/h3-6,16H,2,7-13H2,1H3,(H,21,25)/t16-/m1/s1. The highest BCUT2D eigenvalue weighted by Crippen LogP contribution is 2.41. The molecule has 1 aromatic rings. The second-order valence-corrected chi connectivity index (χ2v) is 7.80. The molecule has 0 bridgehead atoms. The summed E-state index contributed by atoms with van der Waals surface area (Å²) in [6.45, 7) is 4.92. The largest absolute Gasteiger partial charge is 0.342 e. The molecule has 2 saturated heterocycles. The number of piperidine rings is 1. The summed E-state index contributed by atoms with van der Waals surface area (Å²) in [5, 5.41) is 2.86. The van der Waals surface area contributed by atoms with Crippen LogP contribution < -0.4 is 5.32 Å². The Morgan fingerprint density at radius 1 is 1.23 bits per heavy atom. The minimum absolute atomic E-state index is 0.000579. The van der Waals surface area contributed by atoms with Crippen molar-refractivity contribution in [3.63, 3.8) is 0 Å². The Morgan fingerprint density at radius 2 is 1.96 bits per heavy atom. The summed E-state index contributed by atoms with van der Waals surface area (Å²) in [5.74, 6) is 0.0708. The fourth-order valence-electron chi connectivity index (χ4n) is 4.60. The third-order valence-electron chi connectivity index (χ3n) is 6.21. The predicted octanol–water partition coefficient (Wildman–Crippen LogP) is 1.20. The zero-order chi connectivity index (χ0) is 18.3. The predicted molar refractivity (Wildman–Crippen MR) is 96.5 cm³/mol. The summed E-state index contributed by atoms with van der Waals surface area (Å²) in [4.78, 5) is 41.1. The number of likely N-dealkylation sites (tertiary alicyclic amines) is 2. The smallest absolute Gasteiger partial charge is 0.252 e. The van der Waals surface area contributed by atoms with Gasteiger partial charge >= 0.3 is 0 Å². The lowest BCUT2D eigenvalue weighted by molar-refractivity contribution is -0.135. The quantitative estimate of drug-likeness (QED) is 0.867. The van der Waals surface area contributed by atoms with E-state index in [-0.39, 0.29) is 23.1 Å². The van der Waals surface area contributed by atoms with Crippen molar-refractivity contribution in [1.29, 1.82) is 0 Å². The lowest BCUT2D eigenvalue weighted by Gasteiger charge is -2.40. The summed E-state index contributed by atoms with van der Waals surface area (Å²) in [5.41, 5.74) is 1.63. The first kappa shape index (κ1) is 17.1. The third-order valence-corrected chi connectivity index (χ3v) is 6.21. The molecule has 1 aromatic carbocycles. The average molecular weight is 355 g/mol. The Labute approximate surface area is 153 Å². The summed E-state index contributed by atoms with van der Waals surface area (Å²) < 4.78 is 0. The Bertz CT molecular complexity index is 752. The maximum atomic E-state index is 12.9. The van der Waals surface area contributed by atoms with E-state index < -0.39 is 6.04 Å². The van der Waals surface area contributed by atoms with Crippen LogP contribution in [0.2, 0.25) is 0 Å². The molecular formula is C20H25N3O3. The first-order valence-electron chi connectivity index (χ1n) is 9.47. The number of fused-ring (bicyclic) bond motifs is 1. The number of nitrogens with zero attached hydrogens (tertiary/aromatic N) is 2. The van der Waals surface area contributed by atoms with Crippen LogP contribution in [0, 0.1) is 5.41 Å². The molecule has 1 atom stereocenters. The highest BCUT2D eigenvalue weighted by atomic mass is 16.2. The minimum Gasteiger partial charge on any atom is -0.342 e. The fraction of sp³-hybridized carbons (Fsp3) is 0.550. The lowest BCUT2D eigenvalue weighted by Crippen LogP contribution is -2.54. The lowest BCUT2D eigenvalue weighted by atomic mass is 9.77. The van der Waals surface area contributed by atoms with Crippen molar-refractivity contribution in [2.24, 2.45) is 5.41 Å². The molecule has 3 aliphatic heterocycles. The van der Waals surface area contributed by atoms with E-state index in [2.05, 4.69) is 5.32 Å². The van der Waals surface area contributed by atoms with Crippen molar-refractivity contribution in [3.8, 4) is 0 Å². The van der Waals surface area contributed by atoms with Gasteiger partial charge in [0.2, 0.25) is 11.8 Å². The van der Waals surface area contributed by atoms with E-state index >= 15 is 0 Å². The van der Waals surface area contributed by atoms with Crippen LogP contribution in [0.4, 0.5) is 0 Å². The molecule has 6 heteroatoms. The van der Waals surface area contributed by atoms with Crippen LogP contribution in [0.3, 0.4) is 0 Å². The van der Waals surface area contributed by atoms with E-state index in [9.17, 15) is 14.4 Å². The molecule has 0 saturated carbocycles. The highest BCUT2D eigenvalue weighted by Gasteiger charge is 2.45. The van der Waals surface area contributed by atoms with Gasteiger partial charge in [-0.2, -0.15) is 0 Å². The van der Waals surface area contributed by atoms with Gasteiger partial charge in [-0.25, -0.2) is 0 Å². The molecule has 6 nitrogen and oxygen atoms in total. The van der Waals surface area contributed by atoms with Crippen LogP contribution in [0.5, 0.6) is 0 Å². The molecule has 1 N–H and O–H groups in total. The van der Waals surface area contributed by atoms with Gasteiger partial charge in [-0.1, -0.05) is 18.2 Å². The summed E-state index contributed by atoms with van der Waals surface area (Å²) in [7, 11) is 0. The highest BCUT2D eigenvalue weighted by molar-refractivity contribution is 6.00.